The van der Waals surface area contributed by atoms with Gasteiger partial charge in [-0.05, 0) is 20.4 Å². The molecule has 1 rings (SSSR count). The van der Waals surface area contributed by atoms with Crippen molar-refractivity contribution in [3.8, 4) is 0 Å². The normalized spacial score (nSPS) is 10.2. The Labute approximate surface area is 82.8 Å². The minimum Gasteiger partial charge on any atom is -0.338 e. The number of hydrogen-bond acceptors (Lipinski definition) is 4. The van der Waals surface area contributed by atoms with E-state index < -0.39 is 0 Å². The lowest BCUT2D eigenvalue weighted by molar-refractivity contribution is -0.115. The molecule has 14 heavy (non-hydrogen) atoms. The largest absolute Gasteiger partial charge is 0.338 e. The maximum atomic E-state index is 11.3. The number of likely N-dealkylation sites (N-methyl/N-ethyl adjacent to an activating group) is 1. The summed E-state index contributed by atoms with van der Waals surface area (Å²) in [5, 5.41) is 9.30. The van der Waals surface area contributed by atoms with Gasteiger partial charge in [0.05, 0.1) is 12.2 Å². The third kappa shape index (κ3) is 2.56. The predicted octanol–water partition coefficient (Wildman–Crippen LogP) is 0.839. The summed E-state index contributed by atoms with van der Waals surface area (Å²) < 4.78 is 4.94. The lowest BCUT2D eigenvalue weighted by Gasteiger charge is -2.01. The quantitative estimate of drug-likeness (QED) is 0.750. The topological polar surface area (TPSA) is 67.2 Å². The van der Waals surface area contributed by atoms with Gasteiger partial charge in [-0.1, -0.05) is 12.1 Å². The van der Waals surface area contributed by atoms with Gasteiger partial charge in [0.1, 0.15) is 0 Å². The van der Waals surface area contributed by atoms with Crippen LogP contribution in [-0.2, 0) is 4.79 Å². The molecule has 78 valence electrons. The highest BCUT2D eigenvalue weighted by molar-refractivity contribution is 5.91. The Morgan fingerprint density at radius 3 is 2.71 bits per heavy atom. The average molecular weight is 197 g/mol. The van der Waals surface area contributed by atoms with Gasteiger partial charge in [-0.15, -0.1) is 0 Å². The van der Waals surface area contributed by atoms with Gasteiger partial charge in [0.2, 0.25) is 11.8 Å². The molecule has 0 saturated carbocycles. The van der Waals surface area contributed by atoms with Crippen LogP contribution in [0.3, 0.4) is 0 Å². The fraction of sp³-hybridized carbons (Fsp3) is 0.556. The first-order valence-corrected chi connectivity index (χ1v) is 4.58. The third-order valence-electron chi connectivity index (χ3n) is 1.95. The summed E-state index contributed by atoms with van der Waals surface area (Å²) >= 11 is 0. The van der Waals surface area contributed by atoms with Crippen LogP contribution in [0.1, 0.15) is 18.2 Å². The standard InChI is InChI=1S/C9H15N3O2/c1-4-10-5-8(13)11-9-6(2)7(3)12-14-9/h10H,4-5H2,1-3H3,(H,11,13). The van der Waals surface area contributed by atoms with E-state index in [0.29, 0.717) is 5.88 Å². The van der Waals surface area contributed by atoms with E-state index >= 15 is 0 Å². The first-order chi connectivity index (χ1) is 6.65. The van der Waals surface area contributed by atoms with Crippen LogP contribution >= 0.6 is 0 Å². The van der Waals surface area contributed by atoms with Gasteiger partial charge in [0, 0.05) is 5.56 Å². The van der Waals surface area contributed by atoms with Crippen molar-refractivity contribution < 1.29 is 9.32 Å². The number of anilines is 1. The smallest absolute Gasteiger partial charge is 0.240 e. The van der Waals surface area contributed by atoms with Crippen LogP contribution in [-0.4, -0.2) is 24.2 Å². The Bertz CT molecular complexity index is 320. The first kappa shape index (κ1) is 10.7. The second kappa shape index (κ2) is 4.76. The molecule has 1 aromatic rings. The van der Waals surface area contributed by atoms with Crippen LogP contribution in [0.2, 0.25) is 0 Å². The van der Waals surface area contributed by atoms with Crippen molar-refractivity contribution in [3.63, 3.8) is 0 Å². The van der Waals surface area contributed by atoms with Crippen molar-refractivity contribution in [3.05, 3.63) is 11.3 Å². The number of carbonyl (C=O) groups excluding carboxylic acids is 1. The Balaban J connectivity index is 2.52. The highest BCUT2D eigenvalue weighted by Gasteiger charge is 2.10. The number of aryl methyl sites for hydroxylation is 1. The van der Waals surface area contributed by atoms with E-state index in [4.69, 9.17) is 4.52 Å². The molecule has 0 aliphatic heterocycles. The van der Waals surface area contributed by atoms with Crippen LogP contribution in [0.5, 0.6) is 0 Å². The zero-order valence-electron chi connectivity index (χ0n) is 8.68. The lowest BCUT2D eigenvalue weighted by Crippen LogP contribution is -2.27. The van der Waals surface area contributed by atoms with E-state index in [-0.39, 0.29) is 12.5 Å². The van der Waals surface area contributed by atoms with Gasteiger partial charge >= 0.3 is 0 Å². The number of nitrogens with zero attached hydrogens (tertiary/aromatic N) is 1. The molecular formula is C9H15N3O2. The minimum atomic E-state index is -0.119. The number of amides is 1. The number of aromatic nitrogens is 1. The van der Waals surface area contributed by atoms with Crippen molar-refractivity contribution >= 4 is 11.8 Å². The summed E-state index contributed by atoms with van der Waals surface area (Å²) in [6.45, 7) is 6.68. The van der Waals surface area contributed by atoms with Crippen LogP contribution < -0.4 is 10.6 Å². The van der Waals surface area contributed by atoms with E-state index in [1.807, 2.05) is 20.8 Å². The Morgan fingerprint density at radius 1 is 1.50 bits per heavy atom. The molecule has 0 aliphatic carbocycles. The molecule has 1 heterocycles. The molecule has 0 aromatic carbocycles. The molecule has 0 atom stereocenters. The van der Waals surface area contributed by atoms with E-state index in [2.05, 4.69) is 15.8 Å². The molecule has 0 saturated heterocycles. The SMILES string of the molecule is CCNCC(=O)Nc1onc(C)c1C. The summed E-state index contributed by atoms with van der Waals surface area (Å²) in [4.78, 5) is 11.3. The fourth-order valence-corrected chi connectivity index (χ4v) is 0.941. The molecule has 0 radical (unpaired) electrons. The molecule has 0 unspecified atom stereocenters. The number of carbonyl (C=O) groups is 1. The van der Waals surface area contributed by atoms with Crippen LogP contribution in [0, 0.1) is 13.8 Å². The zero-order chi connectivity index (χ0) is 10.6. The molecule has 1 aromatic heterocycles. The van der Waals surface area contributed by atoms with Gasteiger partial charge < -0.3 is 9.84 Å². The lowest BCUT2D eigenvalue weighted by atomic mass is 10.3. The van der Waals surface area contributed by atoms with E-state index in [1.165, 1.54) is 0 Å². The minimum absolute atomic E-state index is 0.119. The van der Waals surface area contributed by atoms with Crippen molar-refractivity contribution in [1.82, 2.24) is 10.5 Å². The second-order valence-corrected chi connectivity index (χ2v) is 3.05. The molecule has 2 N–H and O–H groups in total. The van der Waals surface area contributed by atoms with Crippen LogP contribution in [0.15, 0.2) is 4.52 Å². The Kier molecular flexibility index (Phi) is 3.64. The first-order valence-electron chi connectivity index (χ1n) is 4.58. The van der Waals surface area contributed by atoms with Crippen LogP contribution in [0.4, 0.5) is 5.88 Å². The van der Waals surface area contributed by atoms with Crippen molar-refractivity contribution in [1.29, 1.82) is 0 Å². The zero-order valence-corrected chi connectivity index (χ0v) is 8.68. The van der Waals surface area contributed by atoms with Gasteiger partial charge in [-0.3, -0.25) is 10.1 Å². The summed E-state index contributed by atoms with van der Waals surface area (Å²) in [6.07, 6.45) is 0. The summed E-state index contributed by atoms with van der Waals surface area (Å²) in [5.74, 6) is 0.316. The average Bonchev–Trinajstić information content (AvgIpc) is 2.46. The molecule has 0 fully saturated rings. The van der Waals surface area contributed by atoms with Gasteiger partial charge in [-0.25, -0.2) is 0 Å². The summed E-state index contributed by atoms with van der Waals surface area (Å²) in [6, 6.07) is 0. The van der Waals surface area contributed by atoms with Crippen molar-refractivity contribution in [2.45, 2.75) is 20.8 Å². The summed E-state index contributed by atoms with van der Waals surface area (Å²) in [7, 11) is 0. The third-order valence-corrected chi connectivity index (χ3v) is 1.95. The van der Waals surface area contributed by atoms with Crippen molar-refractivity contribution in [2.24, 2.45) is 0 Å². The molecular weight excluding hydrogens is 182 g/mol. The van der Waals surface area contributed by atoms with Gasteiger partial charge in [0.25, 0.3) is 0 Å². The van der Waals surface area contributed by atoms with E-state index in [0.717, 1.165) is 17.8 Å². The molecule has 0 bridgehead atoms. The van der Waals surface area contributed by atoms with E-state index in [1.54, 1.807) is 0 Å². The molecule has 1 amide bonds. The van der Waals surface area contributed by atoms with E-state index in [9.17, 15) is 4.79 Å². The Hall–Kier alpha value is -1.36. The number of rotatable bonds is 4. The summed E-state index contributed by atoms with van der Waals surface area (Å²) in [5.41, 5.74) is 1.67. The highest BCUT2D eigenvalue weighted by Crippen LogP contribution is 2.16. The maximum absolute atomic E-state index is 11.3. The molecule has 0 spiro atoms. The Morgan fingerprint density at radius 2 is 2.21 bits per heavy atom. The van der Waals surface area contributed by atoms with Crippen molar-refractivity contribution in [2.75, 3.05) is 18.4 Å². The maximum Gasteiger partial charge on any atom is 0.240 e. The monoisotopic (exact) mass is 197 g/mol. The predicted molar refractivity (Wildman–Crippen MR) is 53.2 cm³/mol. The second-order valence-electron chi connectivity index (χ2n) is 3.05. The fourth-order valence-electron chi connectivity index (χ4n) is 0.941. The molecule has 0 aliphatic rings. The molecule has 5 heteroatoms. The number of nitrogens with one attached hydrogen (secondary N) is 2. The number of hydrogen-bond donors (Lipinski definition) is 2. The van der Waals surface area contributed by atoms with Gasteiger partial charge in [0.15, 0.2) is 0 Å². The highest BCUT2D eigenvalue weighted by atomic mass is 16.5. The molecule has 5 nitrogen and oxygen atoms in total. The van der Waals surface area contributed by atoms with Crippen LogP contribution in [0.25, 0.3) is 0 Å². The van der Waals surface area contributed by atoms with Gasteiger partial charge in [-0.2, -0.15) is 0 Å².